The first kappa shape index (κ1) is 15.4. The number of ketones is 1. The van der Waals surface area contributed by atoms with Gasteiger partial charge in [0, 0.05) is 23.9 Å². The summed E-state index contributed by atoms with van der Waals surface area (Å²) >= 11 is 0. The van der Waals surface area contributed by atoms with E-state index in [1.807, 2.05) is 0 Å². The summed E-state index contributed by atoms with van der Waals surface area (Å²) in [7, 11) is 0. The minimum absolute atomic E-state index is 0. The number of carbonyl (C=O) groups is 2. The van der Waals surface area contributed by atoms with Crippen LogP contribution in [0.5, 0.6) is 0 Å². The molecule has 1 atom stereocenters. The van der Waals surface area contributed by atoms with Crippen molar-refractivity contribution >= 4 is 11.8 Å². The number of aliphatic carboxylic acids is 1. The molecule has 0 N–H and O–H groups in total. The van der Waals surface area contributed by atoms with E-state index >= 15 is 0 Å². The van der Waals surface area contributed by atoms with Gasteiger partial charge in [-0.25, -0.2) is 0 Å². The quantitative estimate of drug-likeness (QED) is 0.583. The Kier molecular flexibility index (Phi) is 7.86. The third-order valence-corrected chi connectivity index (χ3v) is 1.99. The second kappa shape index (κ2) is 7.65. The Labute approximate surface area is 148 Å². The number of hydrogen-bond acceptors (Lipinski definition) is 3. The second-order valence-corrected chi connectivity index (χ2v) is 3.21. The molecule has 1 aromatic carbocycles. The van der Waals surface area contributed by atoms with Crippen LogP contribution in [0.4, 0.5) is 0 Å². The maximum atomic E-state index is 11.5. The summed E-state index contributed by atoms with van der Waals surface area (Å²) in [5, 5.41) is 10.4. The molecule has 0 radical (unpaired) electrons. The molecule has 0 saturated carbocycles. The number of carboxylic acids is 1. The summed E-state index contributed by atoms with van der Waals surface area (Å²) in [5.74, 6) is -2.08. The fraction of sp³-hybridized carbons (Fsp3) is 0.273. The minimum atomic E-state index is -1.19. The van der Waals surface area contributed by atoms with Gasteiger partial charge in [0.05, 0.1) is 0 Å². The number of rotatable bonds is 4. The van der Waals surface area contributed by atoms with Crippen LogP contribution in [0.25, 0.3) is 0 Å². The van der Waals surface area contributed by atoms with Gasteiger partial charge in [0.15, 0.2) is 5.78 Å². The average Bonchev–Trinajstić information content (AvgIpc) is 2.19. The first-order valence-electron chi connectivity index (χ1n) is 4.40. The zero-order chi connectivity index (χ0) is 10.6. The normalized spacial score (nSPS) is 11.3. The zero-order valence-electron chi connectivity index (χ0n) is 8.90. The molecule has 15 heavy (non-hydrogen) atoms. The molecule has 0 bridgehead atoms. The monoisotopic (exact) mass is 324 g/mol. The van der Waals surface area contributed by atoms with Crippen LogP contribution in [0, 0.1) is 5.92 Å². The average molecular weight is 324 g/mol. The molecule has 1 aromatic rings. The molecule has 0 aliphatic heterocycles. The molecule has 0 aliphatic rings. The number of hydrogen-bond donors (Lipinski definition) is 0. The number of benzene rings is 1. The van der Waals surface area contributed by atoms with Crippen LogP contribution in [0.2, 0.25) is 0 Å². The van der Waals surface area contributed by atoms with E-state index in [0.717, 1.165) is 0 Å². The van der Waals surface area contributed by atoms with E-state index in [4.69, 9.17) is 0 Å². The predicted octanol–water partition coefficient (Wildman–Crippen LogP) is -2.35. The summed E-state index contributed by atoms with van der Waals surface area (Å²) in [6, 6.07) is 8.64. The summed E-state index contributed by atoms with van der Waals surface area (Å²) in [5.41, 5.74) is 0.542. The summed E-state index contributed by atoms with van der Waals surface area (Å²) in [6.45, 7) is 1.47. The SMILES string of the molecule is CC(CC(=O)c1ccccc1)C(=O)[O-].[Cs+]. The maximum Gasteiger partial charge on any atom is 1.00 e. The van der Waals surface area contributed by atoms with Gasteiger partial charge in [-0.1, -0.05) is 37.3 Å². The molecule has 0 aromatic heterocycles. The van der Waals surface area contributed by atoms with Crippen LogP contribution in [0.3, 0.4) is 0 Å². The Balaban J connectivity index is 0.00000196. The van der Waals surface area contributed by atoms with E-state index < -0.39 is 11.9 Å². The molecular weight excluding hydrogens is 313 g/mol. The van der Waals surface area contributed by atoms with Crippen LogP contribution < -0.4 is 74.0 Å². The van der Waals surface area contributed by atoms with E-state index in [9.17, 15) is 14.7 Å². The number of carbonyl (C=O) groups excluding carboxylic acids is 2. The largest absolute Gasteiger partial charge is 1.00 e. The Morgan fingerprint density at radius 2 is 1.80 bits per heavy atom. The van der Waals surface area contributed by atoms with E-state index in [2.05, 4.69) is 0 Å². The molecule has 0 spiro atoms. The van der Waals surface area contributed by atoms with Crippen LogP contribution in [-0.2, 0) is 4.79 Å². The van der Waals surface area contributed by atoms with E-state index in [0.29, 0.717) is 5.56 Å². The van der Waals surface area contributed by atoms with Gasteiger partial charge in [-0.15, -0.1) is 0 Å². The molecule has 0 heterocycles. The zero-order valence-corrected chi connectivity index (χ0v) is 15.2. The molecular formula is C11H11CsO3. The third kappa shape index (κ3) is 5.33. The molecule has 74 valence electrons. The first-order valence-corrected chi connectivity index (χ1v) is 4.40. The van der Waals surface area contributed by atoms with Crippen molar-refractivity contribution in [3.05, 3.63) is 35.9 Å². The second-order valence-electron chi connectivity index (χ2n) is 3.21. The molecule has 0 saturated heterocycles. The maximum absolute atomic E-state index is 11.5. The number of carboxylic acid groups (broad SMARTS) is 1. The van der Waals surface area contributed by atoms with Crippen molar-refractivity contribution in [1.29, 1.82) is 0 Å². The van der Waals surface area contributed by atoms with E-state index in [1.165, 1.54) is 6.92 Å². The summed E-state index contributed by atoms with van der Waals surface area (Å²) in [4.78, 5) is 21.9. The minimum Gasteiger partial charge on any atom is -0.550 e. The predicted molar refractivity (Wildman–Crippen MR) is 49.6 cm³/mol. The van der Waals surface area contributed by atoms with Gasteiger partial charge in [-0.2, -0.15) is 0 Å². The van der Waals surface area contributed by atoms with Crippen molar-refractivity contribution in [3.63, 3.8) is 0 Å². The van der Waals surface area contributed by atoms with Gasteiger partial charge >= 0.3 is 68.9 Å². The van der Waals surface area contributed by atoms with Gasteiger partial charge < -0.3 is 9.90 Å². The smallest absolute Gasteiger partial charge is 0.550 e. The molecule has 1 unspecified atom stereocenters. The molecule has 4 heteroatoms. The van der Waals surface area contributed by atoms with Gasteiger partial charge in [0.2, 0.25) is 0 Å². The number of Topliss-reactive ketones (excluding diaryl/α,β-unsaturated/α-hetero) is 1. The van der Waals surface area contributed by atoms with Crippen molar-refractivity contribution in [3.8, 4) is 0 Å². The van der Waals surface area contributed by atoms with E-state index in [1.54, 1.807) is 30.3 Å². The Hall–Kier alpha value is 0.412. The third-order valence-electron chi connectivity index (χ3n) is 1.99. The molecule has 1 rings (SSSR count). The first-order chi connectivity index (χ1) is 6.61. The van der Waals surface area contributed by atoms with Crippen LogP contribution in [-0.4, -0.2) is 11.8 Å². The van der Waals surface area contributed by atoms with Crippen LogP contribution in [0.1, 0.15) is 23.7 Å². The standard InChI is InChI=1S/C11H12O3.Cs/c1-8(11(13)14)7-10(12)9-5-3-2-4-6-9;/h2-6,8H,7H2,1H3,(H,13,14);/q;+1/p-1. The fourth-order valence-corrected chi connectivity index (χ4v) is 1.10. The topological polar surface area (TPSA) is 57.2 Å². The Morgan fingerprint density at radius 1 is 1.27 bits per heavy atom. The fourth-order valence-electron chi connectivity index (χ4n) is 1.10. The van der Waals surface area contributed by atoms with Crippen LogP contribution in [0.15, 0.2) is 30.3 Å². The Morgan fingerprint density at radius 3 is 2.27 bits per heavy atom. The van der Waals surface area contributed by atoms with Crippen molar-refractivity contribution in [2.24, 2.45) is 5.92 Å². The molecule has 0 fully saturated rings. The van der Waals surface area contributed by atoms with Crippen LogP contribution >= 0.6 is 0 Å². The summed E-state index contributed by atoms with van der Waals surface area (Å²) < 4.78 is 0. The molecule has 0 amide bonds. The van der Waals surface area contributed by atoms with Crippen molar-refractivity contribution in [2.75, 3.05) is 0 Å². The van der Waals surface area contributed by atoms with Crippen molar-refractivity contribution < 1.29 is 83.6 Å². The Bertz CT molecular complexity index is 335. The van der Waals surface area contributed by atoms with E-state index in [-0.39, 0.29) is 81.1 Å². The van der Waals surface area contributed by atoms with Crippen molar-refractivity contribution in [1.82, 2.24) is 0 Å². The van der Waals surface area contributed by atoms with Gasteiger partial charge in [-0.05, 0) is 0 Å². The molecule has 3 nitrogen and oxygen atoms in total. The molecule has 0 aliphatic carbocycles. The van der Waals surface area contributed by atoms with Gasteiger partial charge in [0.1, 0.15) is 0 Å². The van der Waals surface area contributed by atoms with Gasteiger partial charge in [0.25, 0.3) is 0 Å². The van der Waals surface area contributed by atoms with Crippen molar-refractivity contribution in [2.45, 2.75) is 13.3 Å². The summed E-state index contributed by atoms with van der Waals surface area (Å²) in [6.07, 6.45) is -0.00759. The van der Waals surface area contributed by atoms with Gasteiger partial charge in [-0.3, -0.25) is 4.79 Å².